The lowest BCUT2D eigenvalue weighted by Crippen LogP contribution is -2.35. The van der Waals surface area contributed by atoms with E-state index in [4.69, 9.17) is 10.5 Å². The van der Waals surface area contributed by atoms with Crippen LogP contribution in [0.4, 0.5) is 0 Å². The van der Waals surface area contributed by atoms with Crippen molar-refractivity contribution in [3.63, 3.8) is 0 Å². The van der Waals surface area contributed by atoms with Crippen molar-refractivity contribution in [3.05, 3.63) is 23.0 Å². The molecule has 0 aromatic carbocycles. The average Bonchev–Trinajstić information content (AvgIpc) is 2.32. The maximum absolute atomic E-state index is 5.65. The van der Waals surface area contributed by atoms with Crippen molar-refractivity contribution in [1.82, 2.24) is 9.88 Å². The van der Waals surface area contributed by atoms with Gasteiger partial charge >= 0.3 is 0 Å². The number of pyridine rings is 1. The first-order valence-electron chi connectivity index (χ1n) is 6.44. The molecule has 0 aliphatic carbocycles. The minimum Gasteiger partial charge on any atom is -0.496 e. The fraction of sp³-hybridized carbons (Fsp3) is 0.643. The molecule has 0 atom stereocenters. The summed E-state index contributed by atoms with van der Waals surface area (Å²) in [6, 6.07) is 0.460. The van der Waals surface area contributed by atoms with Gasteiger partial charge in [0, 0.05) is 43.0 Å². The van der Waals surface area contributed by atoms with Crippen LogP contribution < -0.4 is 10.5 Å². The number of hydrogen-bond donors (Lipinski definition) is 1. The third kappa shape index (κ3) is 3.43. The van der Waals surface area contributed by atoms with E-state index in [0.29, 0.717) is 12.6 Å². The molecule has 1 aromatic rings. The summed E-state index contributed by atoms with van der Waals surface area (Å²) in [7, 11) is 1.71. The predicted octanol–water partition coefficient (Wildman–Crippen LogP) is 1.88. The van der Waals surface area contributed by atoms with Crippen molar-refractivity contribution in [2.24, 2.45) is 5.73 Å². The van der Waals surface area contributed by atoms with Gasteiger partial charge in [0.25, 0.3) is 0 Å². The average molecular weight is 251 g/mol. The molecule has 0 aliphatic heterocycles. The highest BCUT2D eigenvalue weighted by molar-refractivity contribution is 5.41. The molecule has 0 radical (unpaired) electrons. The summed E-state index contributed by atoms with van der Waals surface area (Å²) in [4.78, 5) is 6.85. The Bertz CT molecular complexity index is 391. The van der Waals surface area contributed by atoms with E-state index in [1.54, 1.807) is 7.11 Å². The van der Waals surface area contributed by atoms with E-state index in [0.717, 1.165) is 35.7 Å². The van der Waals surface area contributed by atoms with E-state index in [1.165, 1.54) is 0 Å². The van der Waals surface area contributed by atoms with Crippen LogP contribution in [-0.4, -0.2) is 36.1 Å². The topological polar surface area (TPSA) is 51.4 Å². The molecule has 4 heteroatoms. The number of methoxy groups -OCH3 is 1. The van der Waals surface area contributed by atoms with E-state index in [1.807, 2.05) is 13.1 Å². The summed E-state index contributed by atoms with van der Waals surface area (Å²) in [6.07, 6.45) is 1.88. The number of rotatable bonds is 6. The molecule has 0 fully saturated rings. The number of ether oxygens (including phenoxy) is 1. The van der Waals surface area contributed by atoms with Crippen LogP contribution in [0, 0.1) is 13.8 Å². The van der Waals surface area contributed by atoms with E-state index in [-0.39, 0.29) is 0 Å². The molecular formula is C14H25N3O. The third-order valence-corrected chi connectivity index (χ3v) is 3.25. The van der Waals surface area contributed by atoms with Gasteiger partial charge in [0.1, 0.15) is 5.75 Å². The predicted molar refractivity (Wildman–Crippen MR) is 74.9 cm³/mol. The van der Waals surface area contributed by atoms with Gasteiger partial charge in [-0.25, -0.2) is 0 Å². The lowest BCUT2D eigenvalue weighted by atomic mass is 10.1. The number of aromatic nitrogens is 1. The van der Waals surface area contributed by atoms with Crippen LogP contribution in [0.2, 0.25) is 0 Å². The lowest BCUT2D eigenvalue weighted by Gasteiger charge is -2.26. The second kappa shape index (κ2) is 6.71. The molecule has 0 unspecified atom stereocenters. The number of nitrogens with two attached hydrogens (primary N) is 1. The van der Waals surface area contributed by atoms with Gasteiger partial charge in [0.05, 0.1) is 12.8 Å². The van der Waals surface area contributed by atoms with Crippen molar-refractivity contribution in [2.45, 2.75) is 40.3 Å². The monoisotopic (exact) mass is 251 g/mol. The van der Waals surface area contributed by atoms with Crippen molar-refractivity contribution in [2.75, 3.05) is 20.2 Å². The van der Waals surface area contributed by atoms with Gasteiger partial charge in [-0.05, 0) is 27.7 Å². The van der Waals surface area contributed by atoms with Gasteiger partial charge in [-0.2, -0.15) is 0 Å². The molecular weight excluding hydrogens is 226 g/mol. The normalized spacial score (nSPS) is 11.3. The molecule has 0 aliphatic rings. The Kier molecular flexibility index (Phi) is 5.56. The molecule has 102 valence electrons. The molecule has 1 heterocycles. The second-order valence-electron chi connectivity index (χ2n) is 4.90. The van der Waals surface area contributed by atoms with E-state index < -0.39 is 0 Å². The summed E-state index contributed by atoms with van der Waals surface area (Å²) in [5.74, 6) is 0.941. The van der Waals surface area contributed by atoms with E-state index >= 15 is 0 Å². The summed E-state index contributed by atoms with van der Waals surface area (Å²) in [5.41, 5.74) is 8.92. The van der Waals surface area contributed by atoms with Crippen molar-refractivity contribution in [3.8, 4) is 5.75 Å². The molecule has 4 nitrogen and oxygen atoms in total. The number of nitrogens with zero attached hydrogens (tertiary/aromatic N) is 2. The summed E-state index contributed by atoms with van der Waals surface area (Å²) >= 11 is 0. The lowest BCUT2D eigenvalue weighted by molar-refractivity contribution is 0.216. The fourth-order valence-corrected chi connectivity index (χ4v) is 2.11. The van der Waals surface area contributed by atoms with Crippen LogP contribution in [0.25, 0.3) is 0 Å². The molecule has 18 heavy (non-hydrogen) atoms. The van der Waals surface area contributed by atoms with Crippen LogP contribution in [0.5, 0.6) is 5.75 Å². The highest BCUT2D eigenvalue weighted by atomic mass is 16.5. The SMILES string of the molecule is COc1c(C)cnc(CN(CCN)C(C)C)c1C. The van der Waals surface area contributed by atoms with E-state index in [2.05, 4.69) is 30.7 Å². The molecule has 0 amide bonds. The summed E-state index contributed by atoms with van der Waals surface area (Å²) in [5, 5.41) is 0. The highest BCUT2D eigenvalue weighted by Crippen LogP contribution is 2.24. The van der Waals surface area contributed by atoms with Crippen molar-refractivity contribution < 1.29 is 4.74 Å². The van der Waals surface area contributed by atoms with Crippen molar-refractivity contribution in [1.29, 1.82) is 0 Å². The number of aryl methyl sites for hydroxylation is 1. The van der Waals surface area contributed by atoms with Crippen LogP contribution in [0.1, 0.15) is 30.7 Å². The molecule has 2 N–H and O–H groups in total. The zero-order valence-corrected chi connectivity index (χ0v) is 12.2. The minimum absolute atomic E-state index is 0.460. The minimum atomic E-state index is 0.460. The Labute approximate surface area is 110 Å². The van der Waals surface area contributed by atoms with Gasteiger partial charge in [-0.3, -0.25) is 9.88 Å². The Morgan fingerprint density at radius 2 is 2.06 bits per heavy atom. The number of hydrogen-bond acceptors (Lipinski definition) is 4. The van der Waals surface area contributed by atoms with E-state index in [9.17, 15) is 0 Å². The Balaban J connectivity index is 2.96. The van der Waals surface area contributed by atoms with Gasteiger partial charge < -0.3 is 10.5 Å². The largest absolute Gasteiger partial charge is 0.496 e. The maximum Gasteiger partial charge on any atom is 0.128 e. The molecule has 0 saturated heterocycles. The standard InChI is InChI=1S/C14H25N3O/c1-10(2)17(7-6-15)9-13-12(4)14(18-5)11(3)8-16-13/h8,10H,6-7,9,15H2,1-5H3. The second-order valence-corrected chi connectivity index (χ2v) is 4.90. The smallest absolute Gasteiger partial charge is 0.128 e. The zero-order valence-electron chi connectivity index (χ0n) is 12.2. The first-order valence-corrected chi connectivity index (χ1v) is 6.44. The molecule has 0 bridgehead atoms. The Morgan fingerprint density at radius 3 is 2.56 bits per heavy atom. The molecule has 0 spiro atoms. The van der Waals surface area contributed by atoms with Crippen LogP contribution in [0.3, 0.4) is 0 Å². The van der Waals surface area contributed by atoms with Gasteiger partial charge in [-0.1, -0.05) is 0 Å². The summed E-state index contributed by atoms with van der Waals surface area (Å²) in [6.45, 7) is 10.8. The van der Waals surface area contributed by atoms with Crippen LogP contribution in [0.15, 0.2) is 6.20 Å². The highest BCUT2D eigenvalue weighted by Gasteiger charge is 2.14. The van der Waals surface area contributed by atoms with Crippen LogP contribution >= 0.6 is 0 Å². The zero-order chi connectivity index (χ0) is 13.7. The quantitative estimate of drug-likeness (QED) is 0.838. The first kappa shape index (κ1) is 14.9. The molecule has 1 rings (SSSR count). The van der Waals surface area contributed by atoms with Gasteiger partial charge in [0.2, 0.25) is 0 Å². The Morgan fingerprint density at radius 1 is 1.39 bits per heavy atom. The first-order chi connectivity index (χ1) is 8.51. The summed E-state index contributed by atoms with van der Waals surface area (Å²) < 4.78 is 5.44. The molecule has 0 saturated carbocycles. The van der Waals surface area contributed by atoms with Crippen molar-refractivity contribution >= 4 is 0 Å². The van der Waals surface area contributed by atoms with Crippen LogP contribution in [-0.2, 0) is 6.54 Å². The Hall–Kier alpha value is -1.13. The fourth-order valence-electron chi connectivity index (χ4n) is 2.11. The van der Waals surface area contributed by atoms with Gasteiger partial charge in [0.15, 0.2) is 0 Å². The third-order valence-electron chi connectivity index (χ3n) is 3.25. The van der Waals surface area contributed by atoms with Gasteiger partial charge in [-0.15, -0.1) is 0 Å². The maximum atomic E-state index is 5.65. The molecule has 1 aromatic heterocycles.